The number of β-lactam (4-membered cyclic amide) rings is 1. The highest BCUT2D eigenvalue weighted by Crippen LogP contribution is 2.47. The van der Waals surface area contributed by atoms with Crippen LogP contribution < -0.4 is 10.0 Å². The molecule has 0 bridgehead atoms. The molecule has 2 aliphatic rings. The molecule has 0 radical (unpaired) electrons. The predicted octanol–water partition coefficient (Wildman–Crippen LogP) is -0.669. The molecule has 0 aliphatic carbocycles. The molecule has 0 saturated carbocycles. The summed E-state index contributed by atoms with van der Waals surface area (Å²) in [4.78, 5) is 40.0. The molecular formula is C19H23N7O7S4. The van der Waals surface area contributed by atoms with Gasteiger partial charge in [0, 0.05) is 30.0 Å². The number of tetrazole rings is 1. The fourth-order valence-corrected chi connectivity index (χ4v) is 7.45. The van der Waals surface area contributed by atoms with E-state index >= 15 is 0 Å². The van der Waals surface area contributed by atoms with Crippen molar-refractivity contribution in [2.75, 3.05) is 31.4 Å². The summed E-state index contributed by atoms with van der Waals surface area (Å²) in [6.45, 7) is 0.258. The molecule has 0 unspecified atom stereocenters. The lowest BCUT2D eigenvalue weighted by Gasteiger charge is -2.55. The van der Waals surface area contributed by atoms with Gasteiger partial charge in [0.05, 0.1) is 19.2 Å². The topological polar surface area (TPSA) is 186 Å². The van der Waals surface area contributed by atoms with Gasteiger partial charge in [0.15, 0.2) is 0 Å². The molecule has 0 spiro atoms. The average molecular weight is 590 g/mol. The molecule has 4 heterocycles. The standard InChI is InChI=1S/C19H23N7O7S4/c1-33-19(21-13(27)8-12-4-3-7-34-12)16(30)26-14(15(28)29)11(9-35-17(19)26)10-36-18-22-23-24-25(18)6-5-20-37(2,31)32/h3-4,7,17,20H,5-6,8-10H2,1-2H3,(H,21,27)(H,28,29)/t17-,19+/m1/s1. The van der Waals surface area contributed by atoms with Gasteiger partial charge in [0.2, 0.25) is 21.1 Å². The molecule has 2 aromatic heterocycles. The first-order valence-electron chi connectivity index (χ1n) is 10.7. The Morgan fingerprint density at radius 2 is 2.19 bits per heavy atom. The predicted molar refractivity (Wildman–Crippen MR) is 135 cm³/mol. The van der Waals surface area contributed by atoms with Gasteiger partial charge in [0.1, 0.15) is 11.1 Å². The summed E-state index contributed by atoms with van der Waals surface area (Å²) in [6, 6.07) is 3.63. The Morgan fingerprint density at radius 3 is 2.84 bits per heavy atom. The Bertz CT molecular complexity index is 1330. The van der Waals surface area contributed by atoms with Gasteiger partial charge in [-0.1, -0.05) is 17.8 Å². The van der Waals surface area contributed by atoms with Gasteiger partial charge in [-0.3, -0.25) is 14.5 Å². The Kier molecular flexibility index (Phi) is 8.24. The van der Waals surface area contributed by atoms with Crippen molar-refractivity contribution in [1.82, 2.24) is 35.1 Å². The molecule has 4 rings (SSSR count). The summed E-state index contributed by atoms with van der Waals surface area (Å²) in [5, 5.41) is 25.4. The molecule has 0 aromatic carbocycles. The van der Waals surface area contributed by atoms with Crippen molar-refractivity contribution in [1.29, 1.82) is 0 Å². The van der Waals surface area contributed by atoms with Gasteiger partial charge in [-0.15, -0.1) is 28.2 Å². The van der Waals surface area contributed by atoms with Crippen LogP contribution in [-0.2, 0) is 42.1 Å². The maximum Gasteiger partial charge on any atom is 0.352 e. The number of methoxy groups -OCH3 is 1. The highest BCUT2D eigenvalue weighted by molar-refractivity contribution is 8.01. The van der Waals surface area contributed by atoms with E-state index in [4.69, 9.17) is 4.74 Å². The van der Waals surface area contributed by atoms with Gasteiger partial charge in [-0.05, 0) is 27.4 Å². The quantitative estimate of drug-likeness (QED) is 0.161. The monoisotopic (exact) mass is 589 g/mol. The lowest BCUT2D eigenvalue weighted by atomic mass is 9.98. The van der Waals surface area contributed by atoms with E-state index in [0.29, 0.717) is 10.7 Å². The third-order valence-electron chi connectivity index (χ3n) is 5.44. The van der Waals surface area contributed by atoms with E-state index in [2.05, 4.69) is 25.6 Å². The molecule has 2 atom stereocenters. The Morgan fingerprint density at radius 1 is 1.41 bits per heavy atom. The number of thiophene rings is 1. The number of carboxylic acids is 1. The maximum atomic E-state index is 13.2. The summed E-state index contributed by atoms with van der Waals surface area (Å²) in [7, 11) is -2.07. The van der Waals surface area contributed by atoms with Gasteiger partial charge in [-0.25, -0.2) is 22.6 Å². The summed E-state index contributed by atoms with van der Waals surface area (Å²) < 4.78 is 31.7. The van der Waals surface area contributed by atoms with Crippen molar-refractivity contribution in [3.05, 3.63) is 33.7 Å². The van der Waals surface area contributed by atoms with E-state index in [1.54, 1.807) is 0 Å². The zero-order valence-corrected chi connectivity index (χ0v) is 22.9. The molecule has 2 aliphatic heterocycles. The van der Waals surface area contributed by atoms with Gasteiger partial charge in [0.25, 0.3) is 11.6 Å². The van der Waals surface area contributed by atoms with E-state index in [-0.39, 0.29) is 36.7 Å². The van der Waals surface area contributed by atoms with E-state index in [1.807, 2.05) is 17.5 Å². The first kappa shape index (κ1) is 27.5. The Hall–Kier alpha value is -2.51. The number of thioether (sulfide) groups is 2. The zero-order chi connectivity index (χ0) is 26.8. The fraction of sp³-hybridized carbons (Fsp3) is 0.474. The van der Waals surface area contributed by atoms with Crippen LogP contribution >= 0.6 is 34.9 Å². The molecule has 18 heteroatoms. The minimum atomic E-state index is -3.37. The first-order chi connectivity index (χ1) is 17.6. The van der Waals surface area contributed by atoms with Crippen molar-refractivity contribution in [3.63, 3.8) is 0 Å². The number of aromatic nitrogens is 4. The van der Waals surface area contributed by atoms with Crippen molar-refractivity contribution in [2.45, 2.75) is 29.2 Å². The van der Waals surface area contributed by atoms with Crippen LogP contribution in [0.25, 0.3) is 0 Å². The lowest BCUT2D eigenvalue weighted by molar-refractivity contribution is -0.192. The number of aliphatic carboxylic acids is 1. The third-order valence-corrected chi connectivity index (χ3v) is 9.46. The molecule has 1 saturated heterocycles. The number of carbonyl (C=O) groups excluding carboxylic acids is 2. The van der Waals surface area contributed by atoms with E-state index in [0.717, 1.165) is 27.8 Å². The highest BCUT2D eigenvalue weighted by atomic mass is 32.2. The minimum absolute atomic E-state index is 0.0748. The average Bonchev–Trinajstić information content (AvgIpc) is 3.51. The molecule has 37 heavy (non-hydrogen) atoms. The van der Waals surface area contributed by atoms with Crippen LogP contribution in [0.5, 0.6) is 0 Å². The first-order valence-corrected chi connectivity index (χ1v) is 15.5. The molecule has 200 valence electrons. The molecule has 2 aromatic rings. The number of nitrogens with one attached hydrogen (secondary N) is 2. The van der Waals surface area contributed by atoms with Crippen LogP contribution in [0.1, 0.15) is 4.88 Å². The molecule has 1 fully saturated rings. The summed E-state index contributed by atoms with van der Waals surface area (Å²) in [5.74, 6) is -1.90. The van der Waals surface area contributed by atoms with Gasteiger partial charge < -0.3 is 15.2 Å². The SMILES string of the molecule is CO[C@@]1(NC(=O)Cc2cccs2)C(=O)N2C(C(=O)O)=C(CSc3nnnn3CCNS(C)(=O)=O)CS[C@@H]21. The number of nitrogens with zero attached hydrogens (tertiary/aromatic N) is 5. The van der Waals surface area contributed by atoms with E-state index in [9.17, 15) is 27.9 Å². The number of sulfonamides is 1. The normalized spacial score (nSPS) is 21.5. The van der Waals surface area contributed by atoms with E-state index < -0.39 is 38.9 Å². The smallest absolute Gasteiger partial charge is 0.352 e. The summed E-state index contributed by atoms with van der Waals surface area (Å²) in [5.41, 5.74) is -1.35. The van der Waals surface area contributed by atoms with Crippen LogP contribution in [-0.4, -0.2) is 98.9 Å². The summed E-state index contributed by atoms with van der Waals surface area (Å²) >= 11 is 3.86. The zero-order valence-electron chi connectivity index (χ0n) is 19.6. The number of hydrogen-bond donors (Lipinski definition) is 3. The van der Waals surface area contributed by atoms with Gasteiger partial charge in [-0.2, -0.15) is 0 Å². The van der Waals surface area contributed by atoms with Crippen molar-refractivity contribution >= 4 is 62.7 Å². The number of rotatable bonds is 12. The second kappa shape index (κ2) is 11.1. The van der Waals surface area contributed by atoms with Crippen LogP contribution in [0.3, 0.4) is 0 Å². The van der Waals surface area contributed by atoms with Crippen LogP contribution in [0.15, 0.2) is 33.9 Å². The maximum absolute atomic E-state index is 13.2. The highest BCUT2D eigenvalue weighted by Gasteiger charge is 2.66. The largest absolute Gasteiger partial charge is 0.477 e. The second-order valence-corrected chi connectivity index (χ2v) is 12.9. The number of amides is 2. The number of carboxylic acid groups (broad SMARTS) is 1. The van der Waals surface area contributed by atoms with Crippen LogP contribution in [0.2, 0.25) is 0 Å². The third kappa shape index (κ3) is 5.83. The van der Waals surface area contributed by atoms with Crippen molar-refractivity contribution < 1.29 is 32.6 Å². The number of fused-ring (bicyclic) bond motifs is 1. The van der Waals surface area contributed by atoms with Gasteiger partial charge >= 0.3 is 5.97 Å². The molecule has 3 N–H and O–H groups in total. The number of hydrogen-bond acceptors (Lipinski definition) is 12. The number of carbonyl (C=O) groups is 3. The second-order valence-electron chi connectivity index (χ2n) is 7.98. The van der Waals surface area contributed by atoms with E-state index in [1.165, 1.54) is 34.9 Å². The van der Waals surface area contributed by atoms with Crippen LogP contribution in [0.4, 0.5) is 0 Å². The number of ether oxygens (including phenoxy) is 1. The molecule has 14 nitrogen and oxygen atoms in total. The summed E-state index contributed by atoms with van der Waals surface area (Å²) in [6.07, 6.45) is 1.12. The molecular weight excluding hydrogens is 567 g/mol. The molecule has 2 amide bonds. The van der Waals surface area contributed by atoms with Crippen molar-refractivity contribution in [3.8, 4) is 0 Å². The Labute approximate surface area is 224 Å². The fourth-order valence-electron chi connectivity index (χ4n) is 3.81. The van der Waals surface area contributed by atoms with Crippen molar-refractivity contribution in [2.24, 2.45) is 0 Å². The minimum Gasteiger partial charge on any atom is -0.477 e. The van der Waals surface area contributed by atoms with Crippen LogP contribution in [0, 0.1) is 0 Å². The lowest BCUT2D eigenvalue weighted by Crippen LogP contribution is -2.80. The Balaban J connectivity index is 1.46.